The number of nitrogens with one attached hydrogen (secondary N) is 1. The Morgan fingerprint density at radius 1 is 1.08 bits per heavy atom. The summed E-state index contributed by atoms with van der Waals surface area (Å²) in [6, 6.07) is 17.3. The molecule has 0 saturated heterocycles. The van der Waals surface area contributed by atoms with Crippen molar-refractivity contribution in [1.82, 2.24) is 4.98 Å². The molecule has 2 aromatic carbocycles. The monoisotopic (exact) mass is 396 g/mol. The SMILES string of the molecule is COC(=O)/C(=C(/C)Nc1cccc2ncccc12)c1ccccc1Br. The quantitative estimate of drug-likeness (QED) is 0.497. The number of fused-ring (bicyclic) bond motifs is 1. The minimum absolute atomic E-state index is 0.393. The number of pyridine rings is 1. The molecule has 0 unspecified atom stereocenters. The van der Waals surface area contributed by atoms with E-state index in [-0.39, 0.29) is 0 Å². The number of hydrogen-bond donors (Lipinski definition) is 1. The van der Waals surface area contributed by atoms with Crippen molar-refractivity contribution < 1.29 is 9.53 Å². The molecule has 0 amide bonds. The zero-order chi connectivity index (χ0) is 17.8. The summed E-state index contributed by atoms with van der Waals surface area (Å²) < 4.78 is 5.83. The lowest BCUT2D eigenvalue weighted by Gasteiger charge is -2.15. The Balaban J connectivity index is 2.11. The Labute approximate surface area is 154 Å². The van der Waals surface area contributed by atoms with Crippen molar-refractivity contribution in [2.75, 3.05) is 12.4 Å². The average molecular weight is 397 g/mol. The van der Waals surface area contributed by atoms with Gasteiger partial charge in [-0.1, -0.05) is 40.2 Å². The highest BCUT2D eigenvalue weighted by molar-refractivity contribution is 9.10. The maximum absolute atomic E-state index is 12.4. The zero-order valence-corrected chi connectivity index (χ0v) is 15.5. The largest absolute Gasteiger partial charge is 0.465 e. The number of carbonyl (C=O) groups excluding carboxylic acids is 1. The van der Waals surface area contributed by atoms with Gasteiger partial charge in [0.2, 0.25) is 0 Å². The number of aromatic nitrogens is 1. The van der Waals surface area contributed by atoms with Gasteiger partial charge in [0.05, 0.1) is 18.2 Å². The molecular weight excluding hydrogens is 380 g/mol. The van der Waals surface area contributed by atoms with Gasteiger partial charge >= 0.3 is 5.97 Å². The van der Waals surface area contributed by atoms with E-state index in [2.05, 4.69) is 26.2 Å². The molecule has 5 heteroatoms. The number of rotatable bonds is 4. The number of anilines is 1. The Morgan fingerprint density at radius 3 is 2.64 bits per heavy atom. The summed E-state index contributed by atoms with van der Waals surface area (Å²) in [5, 5.41) is 4.33. The Bertz CT molecular complexity index is 961. The third kappa shape index (κ3) is 3.56. The van der Waals surface area contributed by atoms with Crippen molar-refractivity contribution in [3.63, 3.8) is 0 Å². The first kappa shape index (κ1) is 17.2. The first-order chi connectivity index (χ1) is 12.1. The van der Waals surface area contributed by atoms with Crippen LogP contribution in [-0.4, -0.2) is 18.1 Å². The minimum atomic E-state index is -0.393. The Hall–Kier alpha value is -2.66. The zero-order valence-electron chi connectivity index (χ0n) is 13.9. The fourth-order valence-electron chi connectivity index (χ4n) is 2.71. The number of esters is 1. The summed E-state index contributed by atoms with van der Waals surface area (Å²) in [5.41, 5.74) is 3.74. The van der Waals surface area contributed by atoms with E-state index in [9.17, 15) is 4.79 Å². The number of ether oxygens (including phenoxy) is 1. The molecule has 25 heavy (non-hydrogen) atoms. The van der Waals surface area contributed by atoms with Gasteiger partial charge in [0.15, 0.2) is 0 Å². The van der Waals surface area contributed by atoms with E-state index in [1.165, 1.54) is 7.11 Å². The van der Waals surface area contributed by atoms with Crippen LogP contribution >= 0.6 is 15.9 Å². The van der Waals surface area contributed by atoms with Crippen molar-refractivity contribution in [3.8, 4) is 0 Å². The van der Waals surface area contributed by atoms with Gasteiger partial charge in [0.25, 0.3) is 0 Å². The van der Waals surface area contributed by atoms with Crippen LogP contribution in [0.25, 0.3) is 16.5 Å². The van der Waals surface area contributed by atoms with Crippen LogP contribution in [0.4, 0.5) is 5.69 Å². The third-order valence-electron chi connectivity index (χ3n) is 3.88. The normalized spacial score (nSPS) is 11.8. The molecule has 0 fully saturated rings. The lowest BCUT2D eigenvalue weighted by Crippen LogP contribution is -2.11. The summed E-state index contributed by atoms with van der Waals surface area (Å²) >= 11 is 3.51. The predicted molar refractivity (Wildman–Crippen MR) is 104 cm³/mol. The third-order valence-corrected chi connectivity index (χ3v) is 4.57. The number of hydrogen-bond acceptors (Lipinski definition) is 4. The van der Waals surface area contributed by atoms with Gasteiger partial charge in [-0.05, 0) is 37.3 Å². The van der Waals surface area contributed by atoms with E-state index >= 15 is 0 Å². The first-order valence-electron chi connectivity index (χ1n) is 7.76. The van der Waals surface area contributed by atoms with Crippen molar-refractivity contribution in [1.29, 1.82) is 0 Å². The molecule has 1 N–H and O–H groups in total. The molecule has 0 bridgehead atoms. The van der Waals surface area contributed by atoms with E-state index in [1.807, 2.05) is 61.5 Å². The van der Waals surface area contributed by atoms with Crippen molar-refractivity contribution in [2.45, 2.75) is 6.92 Å². The average Bonchev–Trinajstić information content (AvgIpc) is 2.63. The van der Waals surface area contributed by atoms with Gasteiger partial charge in [0, 0.05) is 33.0 Å². The molecule has 0 atom stereocenters. The molecule has 3 aromatic rings. The molecule has 0 aliphatic rings. The second-order valence-corrected chi connectivity index (χ2v) is 6.33. The number of allylic oxidation sites excluding steroid dienone is 1. The van der Waals surface area contributed by atoms with E-state index in [1.54, 1.807) is 6.20 Å². The van der Waals surface area contributed by atoms with Crippen LogP contribution in [0.3, 0.4) is 0 Å². The van der Waals surface area contributed by atoms with Gasteiger partial charge in [-0.25, -0.2) is 4.79 Å². The molecule has 4 nitrogen and oxygen atoms in total. The highest BCUT2D eigenvalue weighted by Crippen LogP contribution is 2.30. The number of methoxy groups -OCH3 is 1. The fraction of sp³-hybridized carbons (Fsp3) is 0.100. The highest BCUT2D eigenvalue weighted by atomic mass is 79.9. The maximum atomic E-state index is 12.4. The molecule has 0 aliphatic heterocycles. The standard InChI is InChI=1S/C20H17BrN2O2/c1-13(19(20(24)25-2)14-7-3-4-9-16(14)21)23-18-11-5-10-17-15(18)8-6-12-22-17/h3-12,23H,1-2H3/b19-13-. The van der Waals surface area contributed by atoms with Crippen LogP contribution in [0.15, 0.2) is 71.0 Å². The van der Waals surface area contributed by atoms with Crippen LogP contribution in [0.2, 0.25) is 0 Å². The van der Waals surface area contributed by atoms with E-state index in [0.29, 0.717) is 11.3 Å². The van der Waals surface area contributed by atoms with Crippen molar-refractivity contribution in [2.24, 2.45) is 0 Å². The second-order valence-electron chi connectivity index (χ2n) is 5.47. The van der Waals surface area contributed by atoms with E-state index in [4.69, 9.17) is 4.74 Å². The van der Waals surface area contributed by atoms with Crippen LogP contribution in [0.5, 0.6) is 0 Å². The lowest BCUT2D eigenvalue weighted by molar-refractivity contribution is -0.133. The highest BCUT2D eigenvalue weighted by Gasteiger charge is 2.19. The number of carbonyl (C=O) groups is 1. The molecule has 1 heterocycles. The summed E-state index contributed by atoms with van der Waals surface area (Å²) in [5.74, 6) is -0.393. The number of halogens is 1. The van der Waals surface area contributed by atoms with E-state index < -0.39 is 5.97 Å². The molecule has 1 aromatic heterocycles. The van der Waals surface area contributed by atoms with Gasteiger partial charge in [-0.3, -0.25) is 4.98 Å². The maximum Gasteiger partial charge on any atom is 0.340 e. The van der Waals surface area contributed by atoms with Crippen molar-refractivity contribution in [3.05, 3.63) is 76.5 Å². The van der Waals surface area contributed by atoms with Gasteiger partial charge in [-0.15, -0.1) is 0 Å². The van der Waals surface area contributed by atoms with Crippen LogP contribution in [0.1, 0.15) is 12.5 Å². The molecule has 3 rings (SSSR count). The molecule has 0 aliphatic carbocycles. The minimum Gasteiger partial charge on any atom is -0.465 e. The topological polar surface area (TPSA) is 51.2 Å². The van der Waals surface area contributed by atoms with Gasteiger partial charge < -0.3 is 10.1 Å². The van der Waals surface area contributed by atoms with E-state index in [0.717, 1.165) is 26.6 Å². The van der Waals surface area contributed by atoms with Crippen LogP contribution < -0.4 is 5.32 Å². The molecular formula is C20H17BrN2O2. The predicted octanol–water partition coefficient (Wildman–Crippen LogP) is 5.01. The smallest absolute Gasteiger partial charge is 0.340 e. The van der Waals surface area contributed by atoms with Gasteiger partial charge in [0.1, 0.15) is 0 Å². The fourth-order valence-corrected chi connectivity index (χ4v) is 3.19. The van der Waals surface area contributed by atoms with Crippen LogP contribution in [0, 0.1) is 0 Å². The Kier molecular flexibility index (Phi) is 5.14. The number of benzene rings is 2. The Morgan fingerprint density at radius 2 is 1.88 bits per heavy atom. The molecule has 126 valence electrons. The lowest BCUT2D eigenvalue weighted by atomic mass is 10.0. The first-order valence-corrected chi connectivity index (χ1v) is 8.56. The van der Waals surface area contributed by atoms with Crippen LogP contribution in [-0.2, 0) is 9.53 Å². The second kappa shape index (κ2) is 7.49. The number of nitrogens with zero attached hydrogens (tertiary/aromatic N) is 1. The summed E-state index contributed by atoms with van der Waals surface area (Å²) in [6.07, 6.45) is 1.76. The summed E-state index contributed by atoms with van der Waals surface area (Å²) in [6.45, 7) is 1.86. The summed E-state index contributed by atoms with van der Waals surface area (Å²) in [7, 11) is 1.38. The van der Waals surface area contributed by atoms with Crippen molar-refractivity contribution >= 4 is 44.1 Å². The summed E-state index contributed by atoms with van der Waals surface area (Å²) in [4.78, 5) is 16.8. The molecule has 0 spiro atoms. The van der Waals surface area contributed by atoms with Gasteiger partial charge in [-0.2, -0.15) is 0 Å². The molecule has 0 saturated carbocycles. The molecule has 0 radical (unpaired) electrons.